The first-order valence-electron chi connectivity index (χ1n) is 9.72. The lowest BCUT2D eigenvalue weighted by Crippen LogP contribution is -2.48. The number of nitrogens with zero attached hydrogens (tertiary/aromatic N) is 3. The van der Waals surface area contributed by atoms with E-state index in [4.69, 9.17) is 0 Å². The SMILES string of the molecule is CCC(C(=O)N1CCc2c(sc3c2C(=O)N(C)CC(=O)N3)C1)N1CCCC1. The maximum absolute atomic E-state index is 13.1. The first-order valence-corrected chi connectivity index (χ1v) is 10.5. The number of thiophene rings is 1. The summed E-state index contributed by atoms with van der Waals surface area (Å²) in [5, 5.41) is 3.51. The lowest BCUT2D eigenvalue weighted by Gasteiger charge is -2.34. The molecule has 1 atom stereocenters. The van der Waals surface area contributed by atoms with Crippen molar-refractivity contribution in [2.24, 2.45) is 0 Å². The molecule has 27 heavy (non-hydrogen) atoms. The zero-order valence-electron chi connectivity index (χ0n) is 15.9. The summed E-state index contributed by atoms with van der Waals surface area (Å²) in [5.74, 6) is -0.0820. The van der Waals surface area contributed by atoms with Crippen molar-refractivity contribution < 1.29 is 14.4 Å². The summed E-state index contributed by atoms with van der Waals surface area (Å²) >= 11 is 1.45. The van der Waals surface area contributed by atoms with Gasteiger partial charge in [0.05, 0.1) is 24.7 Å². The van der Waals surface area contributed by atoms with Crippen molar-refractivity contribution in [2.75, 3.05) is 38.5 Å². The molecule has 1 aromatic rings. The van der Waals surface area contributed by atoms with Gasteiger partial charge in [-0.1, -0.05) is 6.92 Å². The van der Waals surface area contributed by atoms with Crippen molar-refractivity contribution in [3.63, 3.8) is 0 Å². The summed E-state index contributed by atoms with van der Waals surface area (Å²) in [6.07, 6.45) is 3.82. The number of rotatable bonds is 3. The van der Waals surface area contributed by atoms with E-state index in [9.17, 15) is 14.4 Å². The van der Waals surface area contributed by atoms with Crippen molar-refractivity contribution in [1.82, 2.24) is 14.7 Å². The minimum atomic E-state index is -0.170. The third-order valence-corrected chi connectivity index (χ3v) is 6.95. The van der Waals surface area contributed by atoms with Gasteiger partial charge < -0.3 is 15.1 Å². The topological polar surface area (TPSA) is 73.0 Å². The standard InChI is InChI=1S/C19H26N4O3S/c1-3-13(22-7-4-5-8-22)18(25)23-9-6-12-14(10-23)27-17-16(12)19(26)21(2)11-15(24)20-17/h13H,3-11H2,1-2H3,(H,20,24). The fraction of sp³-hybridized carbons (Fsp3) is 0.632. The van der Waals surface area contributed by atoms with Gasteiger partial charge in [-0.05, 0) is 44.3 Å². The first-order chi connectivity index (χ1) is 13.0. The van der Waals surface area contributed by atoms with Gasteiger partial charge in [-0.15, -0.1) is 11.3 Å². The molecule has 0 spiro atoms. The molecule has 0 saturated carbocycles. The molecule has 7 nitrogen and oxygen atoms in total. The summed E-state index contributed by atoms with van der Waals surface area (Å²) in [7, 11) is 1.65. The summed E-state index contributed by atoms with van der Waals surface area (Å²) in [4.78, 5) is 44.6. The molecular weight excluding hydrogens is 364 g/mol. The highest BCUT2D eigenvalue weighted by Crippen LogP contribution is 2.39. The normalized spacial score (nSPS) is 21.6. The van der Waals surface area contributed by atoms with Crippen LogP contribution in [0.5, 0.6) is 0 Å². The van der Waals surface area contributed by atoms with E-state index in [1.54, 1.807) is 7.05 Å². The molecule has 146 valence electrons. The Bertz CT molecular complexity index is 784. The molecule has 1 aromatic heterocycles. The molecule has 1 fully saturated rings. The maximum atomic E-state index is 13.1. The molecule has 8 heteroatoms. The van der Waals surface area contributed by atoms with E-state index in [1.807, 2.05) is 4.90 Å². The van der Waals surface area contributed by atoms with E-state index in [0.717, 1.165) is 30.0 Å². The van der Waals surface area contributed by atoms with Crippen LogP contribution in [0.3, 0.4) is 0 Å². The molecule has 1 N–H and O–H groups in total. The number of carbonyl (C=O) groups excluding carboxylic acids is 3. The highest BCUT2D eigenvalue weighted by Gasteiger charge is 2.36. The van der Waals surface area contributed by atoms with Crippen LogP contribution in [0.4, 0.5) is 5.00 Å². The third-order valence-electron chi connectivity index (χ3n) is 5.82. The summed E-state index contributed by atoms with van der Waals surface area (Å²) < 4.78 is 0. The molecule has 4 heterocycles. The number of nitrogens with one attached hydrogen (secondary N) is 1. The number of hydrogen-bond acceptors (Lipinski definition) is 5. The Labute approximate surface area is 163 Å². The van der Waals surface area contributed by atoms with Crippen molar-refractivity contribution >= 4 is 34.1 Å². The highest BCUT2D eigenvalue weighted by atomic mass is 32.1. The predicted octanol–water partition coefficient (Wildman–Crippen LogP) is 1.53. The zero-order chi connectivity index (χ0) is 19.1. The van der Waals surface area contributed by atoms with Gasteiger partial charge in [-0.2, -0.15) is 0 Å². The van der Waals surface area contributed by atoms with Crippen LogP contribution >= 0.6 is 11.3 Å². The van der Waals surface area contributed by atoms with E-state index < -0.39 is 0 Å². The lowest BCUT2D eigenvalue weighted by atomic mass is 10.0. The van der Waals surface area contributed by atoms with Gasteiger partial charge >= 0.3 is 0 Å². The molecule has 3 aliphatic rings. The summed E-state index contributed by atoms with van der Waals surface area (Å²) in [5.41, 5.74) is 1.63. The second kappa shape index (κ2) is 7.24. The van der Waals surface area contributed by atoms with E-state index in [1.165, 1.54) is 29.1 Å². The lowest BCUT2D eigenvalue weighted by molar-refractivity contribution is -0.137. The Hall–Kier alpha value is -1.93. The molecule has 1 saturated heterocycles. The van der Waals surface area contributed by atoms with Crippen LogP contribution in [-0.2, 0) is 22.6 Å². The molecule has 0 aromatic carbocycles. The van der Waals surface area contributed by atoms with Gasteiger partial charge in [0.25, 0.3) is 5.91 Å². The Balaban J connectivity index is 1.57. The molecule has 0 bridgehead atoms. The minimum absolute atomic E-state index is 0.0423. The van der Waals surface area contributed by atoms with Gasteiger partial charge in [-0.3, -0.25) is 19.3 Å². The molecule has 0 aliphatic carbocycles. The molecular formula is C19H26N4O3S. The average molecular weight is 391 g/mol. The van der Waals surface area contributed by atoms with Crippen molar-refractivity contribution in [2.45, 2.75) is 45.2 Å². The van der Waals surface area contributed by atoms with E-state index >= 15 is 0 Å². The number of likely N-dealkylation sites (tertiary alicyclic amines) is 1. The average Bonchev–Trinajstić information content (AvgIpc) is 3.26. The number of likely N-dealkylation sites (N-methyl/N-ethyl adjacent to an activating group) is 1. The molecule has 4 rings (SSSR count). The van der Waals surface area contributed by atoms with Crippen LogP contribution in [0.15, 0.2) is 0 Å². The van der Waals surface area contributed by atoms with Crippen LogP contribution < -0.4 is 5.32 Å². The van der Waals surface area contributed by atoms with Crippen molar-refractivity contribution in [3.05, 3.63) is 16.0 Å². The summed E-state index contributed by atoms with van der Waals surface area (Å²) in [6.45, 7) is 5.32. The molecule has 3 amide bonds. The van der Waals surface area contributed by atoms with Gasteiger partial charge in [0.15, 0.2) is 0 Å². The van der Waals surface area contributed by atoms with Crippen molar-refractivity contribution in [3.8, 4) is 0 Å². The largest absolute Gasteiger partial charge is 0.336 e. The number of fused-ring (bicyclic) bond motifs is 3. The minimum Gasteiger partial charge on any atom is -0.336 e. The van der Waals surface area contributed by atoms with E-state index in [0.29, 0.717) is 30.1 Å². The van der Waals surface area contributed by atoms with E-state index in [-0.39, 0.29) is 30.3 Å². The van der Waals surface area contributed by atoms with Crippen LogP contribution in [0, 0.1) is 0 Å². The van der Waals surface area contributed by atoms with E-state index in [2.05, 4.69) is 17.1 Å². The smallest absolute Gasteiger partial charge is 0.257 e. The van der Waals surface area contributed by atoms with Crippen LogP contribution in [0.2, 0.25) is 0 Å². The third kappa shape index (κ3) is 3.25. The number of amides is 3. The molecule has 0 radical (unpaired) electrons. The molecule has 1 unspecified atom stereocenters. The summed E-state index contributed by atoms with van der Waals surface area (Å²) in [6, 6.07) is -0.0423. The fourth-order valence-electron chi connectivity index (χ4n) is 4.40. The van der Waals surface area contributed by atoms with Crippen LogP contribution in [0.25, 0.3) is 0 Å². The zero-order valence-corrected chi connectivity index (χ0v) is 16.7. The fourth-order valence-corrected chi connectivity index (χ4v) is 5.67. The van der Waals surface area contributed by atoms with Gasteiger partial charge in [0.2, 0.25) is 11.8 Å². The quantitative estimate of drug-likeness (QED) is 0.850. The number of carbonyl (C=O) groups is 3. The molecule has 3 aliphatic heterocycles. The maximum Gasteiger partial charge on any atom is 0.257 e. The Morgan fingerprint density at radius 1 is 1.19 bits per heavy atom. The monoisotopic (exact) mass is 390 g/mol. The Morgan fingerprint density at radius 2 is 1.93 bits per heavy atom. The predicted molar refractivity (Wildman–Crippen MR) is 104 cm³/mol. The second-order valence-corrected chi connectivity index (χ2v) is 8.70. The number of hydrogen-bond donors (Lipinski definition) is 1. The van der Waals surface area contributed by atoms with Crippen molar-refractivity contribution in [1.29, 1.82) is 0 Å². The first kappa shape index (κ1) is 18.4. The van der Waals surface area contributed by atoms with Crippen LogP contribution in [-0.4, -0.2) is 71.7 Å². The van der Waals surface area contributed by atoms with Gasteiger partial charge in [-0.25, -0.2) is 0 Å². The second-order valence-electron chi connectivity index (χ2n) is 7.59. The Morgan fingerprint density at radius 3 is 2.63 bits per heavy atom. The van der Waals surface area contributed by atoms with Crippen LogP contribution in [0.1, 0.15) is 47.0 Å². The highest BCUT2D eigenvalue weighted by molar-refractivity contribution is 7.17. The van der Waals surface area contributed by atoms with Gasteiger partial charge in [0.1, 0.15) is 5.00 Å². The van der Waals surface area contributed by atoms with Gasteiger partial charge in [0, 0.05) is 18.5 Å². The Kier molecular flexibility index (Phi) is 4.94. The number of anilines is 1.